The van der Waals surface area contributed by atoms with Gasteiger partial charge in [-0.3, -0.25) is 0 Å². The lowest BCUT2D eigenvalue weighted by Crippen LogP contribution is -1.91. The number of aryl methyl sites for hydroxylation is 2. The van der Waals surface area contributed by atoms with E-state index in [9.17, 15) is 0 Å². The van der Waals surface area contributed by atoms with Crippen molar-refractivity contribution in [2.75, 3.05) is 0 Å². The molecular formula is C15H24Mg. The molecule has 1 aromatic rings. The van der Waals surface area contributed by atoms with E-state index in [1.165, 1.54) is 43.2 Å². The summed E-state index contributed by atoms with van der Waals surface area (Å²) in [6.07, 6.45) is 7.00. The fraction of sp³-hybridized carbons (Fsp3) is 0.600. The maximum atomic E-state index is 2.30. The Labute approximate surface area is 111 Å². The molecule has 0 radical (unpaired) electrons. The maximum absolute atomic E-state index is 2.30. The van der Waals surface area contributed by atoms with Gasteiger partial charge in [-0.05, 0) is 18.9 Å². The number of hydrogen-bond donors (Lipinski definition) is 0. The molecule has 0 unspecified atom stereocenters. The minimum absolute atomic E-state index is 0.294. The Bertz CT molecular complexity index is 263. The van der Waals surface area contributed by atoms with Gasteiger partial charge in [0.05, 0.1) is 0 Å². The molecule has 1 rings (SSSR count). The van der Waals surface area contributed by atoms with Crippen LogP contribution in [0.25, 0.3) is 0 Å². The Kier molecular flexibility index (Phi) is 7.96. The first-order valence-electron chi connectivity index (χ1n) is 6.88. The SMILES string of the molecule is CCC[CH2][Mg][CH2]CCCc1ccc(C)cc1. The first-order chi connectivity index (χ1) is 7.83. The zero-order valence-electron chi connectivity index (χ0n) is 11.0. The standard InChI is InChI=1S/C11H15.C4H9.Mg/c1-3-4-5-11-8-6-10(2)7-9-11;1-3-4-2;/h6-9H,1,3-5H2,2H3;1,3-4H2,2H3;. The minimum atomic E-state index is 0.294. The van der Waals surface area contributed by atoms with Gasteiger partial charge in [0.2, 0.25) is 0 Å². The monoisotopic (exact) mass is 228 g/mol. The van der Waals surface area contributed by atoms with Crippen molar-refractivity contribution in [2.24, 2.45) is 0 Å². The van der Waals surface area contributed by atoms with Gasteiger partial charge in [0.1, 0.15) is 0 Å². The third-order valence-corrected chi connectivity index (χ3v) is 5.19. The van der Waals surface area contributed by atoms with Gasteiger partial charge in [-0.15, -0.1) is 9.10 Å². The van der Waals surface area contributed by atoms with Gasteiger partial charge in [0.25, 0.3) is 0 Å². The minimum Gasteiger partial charge on any atom is -0.146 e. The molecular weight excluding hydrogens is 204 g/mol. The third kappa shape index (κ3) is 6.54. The number of rotatable bonds is 8. The quantitative estimate of drug-likeness (QED) is 0.449. The van der Waals surface area contributed by atoms with Crippen LogP contribution in [-0.4, -0.2) is 20.4 Å². The van der Waals surface area contributed by atoms with E-state index in [0.29, 0.717) is 20.4 Å². The van der Waals surface area contributed by atoms with Crippen LogP contribution in [0.2, 0.25) is 9.10 Å². The lowest BCUT2D eigenvalue weighted by atomic mass is 10.1. The van der Waals surface area contributed by atoms with Gasteiger partial charge in [-0.1, -0.05) is 62.4 Å². The second kappa shape index (κ2) is 9.06. The predicted molar refractivity (Wildman–Crippen MR) is 74.4 cm³/mol. The summed E-state index contributed by atoms with van der Waals surface area (Å²) >= 11 is 0.294. The van der Waals surface area contributed by atoms with E-state index in [4.69, 9.17) is 0 Å². The molecule has 0 aliphatic carbocycles. The predicted octanol–water partition coefficient (Wildman–Crippen LogP) is 4.66. The van der Waals surface area contributed by atoms with Gasteiger partial charge in [0, 0.05) is 0 Å². The van der Waals surface area contributed by atoms with Gasteiger partial charge >= 0.3 is 20.4 Å². The summed E-state index contributed by atoms with van der Waals surface area (Å²) in [5.41, 5.74) is 2.89. The molecule has 86 valence electrons. The zero-order chi connectivity index (χ0) is 11.6. The smallest absolute Gasteiger partial charge is 0.146 e. The molecule has 1 aromatic carbocycles. The van der Waals surface area contributed by atoms with Crippen LogP contribution in [-0.2, 0) is 6.42 Å². The second-order valence-electron chi connectivity index (χ2n) is 4.86. The fourth-order valence-electron chi connectivity index (χ4n) is 2.04. The van der Waals surface area contributed by atoms with Crippen molar-refractivity contribution < 1.29 is 0 Å². The number of unbranched alkanes of at least 4 members (excludes halogenated alkanes) is 2. The number of benzene rings is 1. The molecule has 0 nitrogen and oxygen atoms in total. The van der Waals surface area contributed by atoms with Crippen molar-refractivity contribution in [3.05, 3.63) is 35.4 Å². The molecule has 0 N–H and O–H groups in total. The molecule has 0 saturated heterocycles. The van der Waals surface area contributed by atoms with Gasteiger partial charge < -0.3 is 0 Å². The molecule has 16 heavy (non-hydrogen) atoms. The summed E-state index contributed by atoms with van der Waals surface area (Å²) < 4.78 is 3.13. The highest BCUT2D eigenvalue weighted by atomic mass is 24.5. The third-order valence-electron chi connectivity index (χ3n) is 3.19. The summed E-state index contributed by atoms with van der Waals surface area (Å²) in [6, 6.07) is 9.02. The van der Waals surface area contributed by atoms with Crippen LogP contribution >= 0.6 is 0 Å². The van der Waals surface area contributed by atoms with E-state index in [2.05, 4.69) is 38.1 Å². The van der Waals surface area contributed by atoms with Crippen molar-refractivity contribution in [2.45, 2.75) is 55.1 Å². The van der Waals surface area contributed by atoms with Crippen molar-refractivity contribution >= 4 is 20.4 Å². The van der Waals surface area contributed by atoms with E-state index in [-0.39, 0.29) is 0 Å². The average molecular weight is 229 g/mol. The van der Waals surface area contributed by atoms with E-state index >= 15 is 0 Å². The van der Waals surface area contributed by atoms with E-state index in [1.807, 2.05) is 0 Å². The Morgan fingerprint density at radius 1 is 0.938 bits per heavy atom. The summed E-state index contributed by atoms with van der Waals surface area (Å²) in [5.74, 6) is 0. The van der Waals surface area contributed by atoms with Crippen LogP contribution in [0.3, 0.4) is 0 Å². The van der Waals surface area contributed by atoms with Crippen molar-refractivity contribution in [1.82, 2.24) is 0 Å². The lowest BCUT2D eigenvalue weighted by molar-refractivity contribution is 0.786. The van der Waals surface area contributed by atoms with E-state index in [1.54, 1.807) is 9.10 Å². The van der Waals surface area contributed by atoms with Crippen molar-refractivity contribution in [1.29, 1.82) is 0 Å². The van der Waals surface area contributed by atoms with Crippen LogP contribution in [0.1, 0.15) is 43.7 Å². The molecule has 0 atom stereocenters. The molecule has 0 aliphatic heterocycles. The summed E-state index contributed by atoms with van der Waals surface area (Å²) in [4.78, 5) is 0. The van der Waals surface area contributed by atoms with Crippen LogP contribution in [0.15, 0.2) is 24.3 Å². The number of hydrogen-bond acceptors (Lipinski definition) is 0. The molecule has 0 bridgehead atoms. The Balaban J connectivity index is 2.01. The highest BCUT2D eigenvalue weighted by Gasteiger charge is 1.96. The highest BCUT2D eigenvalue weighted by Crippen LogP contribution is 2.09. The topological polar surface area (TPSA) is 0 Å². The molecule has 0 spiro atoms. The summed E-state index contributed by atoms with van der Waals surface area (Å²) in [7, 11) is 0. The largest absolute Gasteiger partial charge is 0.364 e. The normalized spacial score (nSPS) is 10.1. The molecule has 1 heteroatoms. The zero-order valence-corrected chi connectivity index (χ0v) is 12.4. The van der Waals surface area contributed by atoms with Gasteiger partial charge in [-0.25, -0.2) is 0 Å². The average Bonchev–Trinajstić information content (AvgIpc) is 2.30. The van der Waals surface area contributed by atoms with Gasteiger partial charge in [-0.2, -0.15) is 0 Å². The Morgan fingerprint density at radius 3 is 2.31 bits per heavy atom. The van der Waals surface area contributed by atoms with Crippen molar-refractivity contribution in [3.63, 3.8) is 0 Å². The summed E-state index contributed by atoms with van der Waals surface area (Å²) in [5, 5.41) is 0. The molecule has 0 aliphatic rings. The first kappa shape index (κ1) is 14.0. The molecule has 0 fully saturated rings. The van der Waals surface area contributed by atoms with E-state index in [0.717, 1.165) is 0 Å². The molecule has 0 heterocycles. The molecule has 0 saturated carbocycles. The highest BCUT2D eigenvalue weighted by molar-refractivity contribution is 6.35. The summed E-state index contributed by atoms with van der Waals surface area (Å²) in [6.45, 7) is 4.45. The van der Waals surface area contributed by atoms with Crippen molar-refractivity contribution in [3.8, 4) is 0 Å². The van der Waals surface area contributed by atoms with Crippen LogP contribution in [0.4, 0.5) is 0 Å². The van der Waals surface area contributed by atoms with Crippen LogP contribution in [0, 0.1) is 6.92 Å². The second-order valence-corrected chi connectivity index (χ2v) is 6.98. The molecule has 0 aromatic heterocycles. The Hall–Kier alpha value is -0.0138. The van der Waals surface area contributed by atoms with Crippen LogP contribution < -0.4 is 0 Å². The van der Waals surface area contributed by atoms with E-state index < -0.39 is 0 Å². The van der Waals surface area contributed by atoms with Gasteiger partial charge in [0.15, 0.2) is 0 Å². The lowest BCUT2D eigenvalue weighted by Gasteiger charge is -2.02. The maximum Gasteiger partial charge on any atom is 0.364 e. The Morgan fingerprint density at radius 2 is 1.62 bits per heavy atom. The van der Waals surface area contributed by atoms with Crippen LogP contribution in [0.5, 0.6) is 0 Å². The molecule has 0 amide bonds. The fourth-order valence-corrected chi connectivity index (χ4v) is 3.96. The first-order valence-corrected chi connectivity index (χ1v) is 8.88.